The summed E-state index contributed by atoms with van der Waals surface area (Å²) >= 11 is 0. The molecule has 472 valence electrons. The van der Waals surface area contributed by atoms with Gasteiger partial charge in [-0.15, -0.1) is 29.7 Å². The van der Waals surface area contributed by atoms with E-state index in [1.165, 1.54) is 30.3 Å². The van der Waals surface area contributed by atoms with Crippen LogP contribution in [0.2, 0.25) is 0 Å². The predicted octanol–water partition coefficient (Wildman–Crippen LogP) is 19.4. The maximum Gasteiger partial charge on any atom is 0.268 e. The topological polar surface area (TPSA) is 49.0 Å². The first-order chi connectivity index (χ1) is 56.2. The molecule has 98 heavy (non-hydrogen) atoms. The molecule has 6 nitrogen and oxygen atoms in total. The molecule has 13 aromatic carbocycles. The Morgan fingerprint density at radius 3 is 1.86 bits per heavy atom. The summed E-state index contributed by atoms with van der Waals surface area (Å²) in [5.41, 5.74) is 7.58. The zero-order valence-corrected chi connectivity index (χ0v) is 55.8. The summed E-state index contributed by atoms with van der Waals surface area (Å²) in [6, 6.07) is 52.4. The molecular weight excluding hydrogens is 1390 g/mol. The number of nitrogens with zero attached hydrogens (tertiary/aromatic N) is 4. The van der Waals surface area contributed by atoms with Gasteiger partial charge in [-0.05, 0) is 166 Å². The summed E-state index contributed by atoms with van der Waals surface area (Å²) in [6.45, 7) is 0.386. The number of imidazole rings is 1. The van der Waals surface area contributed by atoms with Gasteiger partial charge >= 0.3 is 0 Å². The number of furan rings is 1. The van der Waals surface area contributed by atoms with Crippen LogP contribution in [-0.4, -0.2) is 22.2 Å². The molecule has 0 bridgehead atoms. The second-order valence-corrected chi connectivity index (χ2v) is 28.6. The number of hydrogen-bond donors (Lipinski definition) is 0. The third-order valence-corrected chi connectivity index (χ3v) is 22.7. The summed E-state index contributed by atoms with van der Waals surface area (Å²) in [5.74, 6) is 1.23. The van der Waals surface area contributed by atoms with Crippen LogP contribution in [0.5, 0.6) is 11.5 Å². The van der Waals surface area contributed by atoms with Gasteiger partial charge in [-0.1, -0.05) is 244 Å². The molecule has 0 aliphatic carbocycles. The summed E-state index contributed by atoms with van der Waals surface area (Å²) in [5, 5.41) is 1.12. The Kier molecular flexibility index (Phi) is 10.1. The van der Waals surface area contributed by atoms with Crippen LogP contribution in [0.25, 0.3) is 128 Å². The molecule has 1 aliphatic rings. The van der Waals surface area contributed by atoms with Crippen molar-refractivity contribution >= 4 is 83.6 Å². The summed E-state index contributed by atoms with van der Waals surface area (Å²) in [7, 11) is -5.89. The molecule has 0 amide bonds. The van der Waals surface area contributed by atoms with Crippen LogP contribution in [0, 0.1) is 32.2 Å². The van der Waals surface area contributed by atoms with Crippen LogP contribution >= 0.6 is 0 Å². The van der Waals surface area contributed by atoms with Crippen LogP contribution in [0.4, 0.5) is 0 Å². The minimum Gasteiger partial charge on any atom is -0.510 e. The molecule has 0 fully saturated rings. The second kappa shape index (κ2) is 23.9. The molecule has 0 spiro atoms. The molecule has 0 saturated heterocycles. The van der Waals surface area contributed by atoms with Crippen molar-refractivity contribution in [3.63, 3.8) is 0 Å². The van der Waals surface area contributed by atoms with E-state index in [1.807, 2.05) is 115 Å². The Morgan fingerprint density at radius 1 is 0.490 bits per heavy atom. The number of para-hydroxylation sites is 3. The van der Waals surface area contributed by atoms with Crippen molar-refractivity contribution in [2.75, 3.05) is 0 Å². The van der Waals surface area contributed by atoms with Gasteiger partial charge in [0.05, 0.1) is 37.3 Å². The SMILES string of the molecule is [2H]c1c([2H])c([2H])c([Si](c2ccc3c(c2)-c2cccc(-c4c(C([2H])([2H])[2H])cccc4C([2H])([2H])[2H])c2-[n+]2[c-]n(-c4[c-]c(Oc5[c-]c6c(cc5)c5ccccc5n6-c5cc(C(C)(C)C)ccn5)ccc4)c4cc(-c5ccc6oc7ccccc7c6c5)cc(c42)-c2ccccc2-3)(c2c([2H])c([2H])c([2H])c([2H])c2[2H])c2c([2H])c([2H])c([2H])c([2H])c2[2H])c([2H])c1[2H].[Pt]. The van der Waals surface area contributed by atoms with Gasteiger partial charge in [0.1, 0.15) is 17.0 Å². The van der Waals surface area contributed by atoms with Crippen LogP contribution in [0.15, 0.2) is 301 Å². The quantitative estimate of drug-likeness (QED) is 0.0593. The minimum absolute atomic E-state index is 0. The van der Waals surface area contributed by atoms with E-state index in [0.717, 1.165) is 38.2 Å². The van der Waals surface area contributed by atoms with E-state index < -0.39 is 128 Å². The molecule has 18 rings (SSSR count). The minimum atomic E-state index is -5.89. The normalized spacial score (nSPS) is 15.4. The summed E-state index contributed by atoms with van der Waals surface area (Å²) in [4.78, 5) is 4.89. The predicted molar refractivity (Wildman–Crippen MR) is 400 cm³/mol. The Bertz CT molecular complexity index is 6940. The van der Waals surface area contributed by atoms with Crippen molar-refractivity contribution in [2.24, 2.45) is 0 Å². The molecular formula is C90H64N4O2PtSi-2. The van der Waals surface area contributed by atoms with Crippen LogP contribution in [-0.2, 0) is 26.5 Å². The average Bonchev–Trinajstić information content (AvgIpc) is 1.17. The first kappa shape index (κ1) is 41.7. The smallest absolute Gasteiger partial charge is 0.268 e. The van der Waals surface area contributed by atoms with E-state index in [1.54, 1.807) is 63.9 Å². The van der Waals surface area contributed by atoms with Gasteiger partial charge in [-0.2, -0.15) is 18.2 Å². The third-order valence-electron chi connectivity index (χ3n) is 18.5. The van der Waals surface area contributed by atoms with Gasteiger partial charge in [-0.25, -0.2) is 4.98 Å². The summed E-state index contributed by atoms with van der Waals surface area (Å²) in [6.07, 6.45) is 5.52. The Morgan fingerprint density at radius 2 is 1.12 bits per heavy atom. The average molecular weight is 1480 g/mol. The van der Waals surface area contributed by atoms with E-state index in [0.29, 0.717) is 72.8 Å². The zero-order chi connectivity index (χ0) is 83.2. The van der Waals surface area contributed by atoms with Crippen molar-refractivity contribution in [1.82, 2.24) is 14.1 Å². The van der Waals surface area contributed by atoms with Gasteiger partial charge in [-0.3, -0.25) is 4.57 Å². The fourth-order valence-electron chi connectivity index (χ4n) is 14.1. The van der Waals surface area contributed by atoms with Crippen molar-refractivity contribution in [1.29, 1.82) is 0 Å². The largest absolute Gasteiger partial charge is 0.510 e. The van der Waals surface area contributed by atoms with Gasteiger partial charge < -0.3 is 18.3 Å². The fraction of sp³-hybridized carbons (Fsp3) is 0.0667. The standard InChI is InChI=1S/C90H64N4O2Si.Pt/c1-58-24-21-25-59(2)87(58)77-39-23-38-76-78-56-69(97(66-28-9-6-10-29-66,67-30-11-7-12-31-67)68-32-13-8-14-33-68)44-46-72(78)70-34-15-16-35-71(70)80-51-61(60-42-47-85-79(50-60)75-37-18-20-41-84(75)96-85)52-83-89(80)93(88(76)77)57-92(83)63-26-22-27-64(54-63)95-65-43-45-74-73-36-17-19-40-81(73)94(82(74)55-65)86-53-62(48-49-91-86)90(3,4)5;/h6-53,56H,1-5H3;/q-2;/i1D3,2D3,6D,7D,8D,9D,10D,11D,12D,13D,14D,28D,29D,30D,31D,32D,33D;. The van der Waals surface area contributed by atoms with E-state index in [-0.39, 0.29) is 76.5 Å². The van der Waals surface area contributed by atoms with Crippen LogP contribution in [0.1, 0.15) is 66.2 Å². The summed E-state index contributed by atoms with van der Waals surface area (Å²) < 4.78 is 218. The van der Waals surface area contributed by atoms with Crippen molar-refractivity contribution < 1.29 is 63.6 Å². The Balaban J connectivity index is 0.0000101. The van der Waals surface area contributed by atoms with Gasteiger partial charge in [0, 0.05) is 63.3 Å². The van der Waals surface area contributed by atoms with Gasteiger partial charge in [0.2, 0.25) is 0 Å². The molecule has 17 aromatic rings. The molecule has 8 heteroatoms. The molecule has 1 aliphatic heterocycles. The first-order valence-electron chi connectivity index (χ1n) is 42.0. The number of rotatable bonds is 10. The number of fused-ring (bicyclic) bond motifs is 13. The Labute approximate surface area is 614 Å². The molecule has 5 heterocycles. The Hall–Kier alpha value is -11.2. The van der Waals surface area contributed by atoms with Gasteiger partial charge in [0.15, 0.2) is 8.07 Å². The maximum atomic E-state index is 10.0. The fourth-order valence-corrected chi connectivity index (χ4v) is 17.9. The molecule has 0 atom stereocenters. The van der Waals surface area contributed by atoms with E-state index in [9.17, 15) is 24.7 Å². The van der Waals surface area contributed by atoms with E-state index in [4.69, 9.17) is 18.3 Å². The van der Waals surface area contributed by atoms with Crippen molar-refractivity contribution in [2.45, 2.75) is 39.9 Å². The van der Waals surface area contributed by atoms with Gasteiger partial charge in [0.25, 0.3) is 6.33 Å². The number of benzene rings is 13. The molecule has 0 radical (unpaired) electrons. The van der Waals surface area contributed by atoms with E-state index in [2.05, 4.69) is 49.9 Å². The molecule has 0 saturated carbocycles. The van der Waals surface area contributed by atoms with Crippen molar-refractivity contribution in [3.8, 4) is 84.3 Å². The van der Waals surface area contributed by atoms with Crippen LogP contribution in [0.3, 0.4) is 0 Å². The maximum absolute atomic E-state index is 10.0. The number of ether oxygens (including phenoxy) is 1. The monoisotopic (exact) mass is 1480 g/mol. The first-order valence-corrected chi connectivity index (χ1v) is 33.5. The number of pyridine rings is 1. The molecule has 4 aromatic heterocycles. The number of hydrogen-bond acceptors (Lipinski definition) is 3. The number of aryl methyl sites for hydroxylation is 2. The van der Waals surface area contributed by atoms with Crippen molar-refractivity contribution in [3.05, 3.63) is 332 Å². The van der Waals surface area contributed by atoms with E-state index >= 15 is 0 Å². The second-order valence-electron chi connectivity index (χ2n) is 25.0. The number of aromatic nitrogens is 4. The molecule has 0 N–H and O–H groups in total. The third kappa shape index (κ3) is 9.77. The zero-order valence-electron chi connectivity index (χ0n) is 73.6. The molecule has 0 unspecified atom stereocenters. The van der Waals surface area contributed by atoms with Crippen LogP contribution < -0.4 is 30.1 Å².